The minimum absolute atomic E-state index is 0.00563. The van der Waals surface area contributed by atoms with Crippen molar-refractivity contribution in [2.75, 3.05) is 11.4 Å². The lowest BCUT2D eigenvalue weighted by atomic mass is 10.0. The summed E-state index contributed by atoms with van der Waals surface area (Å²) in [7, 11) is 1.93. The first-order valence-electron chi connectivity index (χ1n) is 8.91. The molecule has 1 aromatic heterocycles. The largest absolute Gasteiger partial charge is 0.486 e. The van der Waals surface area contributed by atoms with Crippen LogP contribution < -0.4 is 9.64 Å². The Balaban J connectivity index is 1.48. The highest BCUT2D eigenvalue weighted by molar-refractivity contribution is 6.30. The average Bonchev–Trinajstić information content (AvgIpc) is 3.10. The van der Waals surface area contributed by atoms with E-state index in [0.717, 1.165) is 29.9 Å². The van der Waals surface area contributed by atoms with Gasteiger partial charge >= 0.3 is 0 Å². The number of benzene rings is 2. The SMILES string of the molecule is Cn1ccnc1COc1ccc(C(=O)N2CCCc3cc(Cl)ccc32)cc1. The third-order valence-corrected chi connectivity index (χ3v) is 5.03. The molecule has 2 aromatic carbocycles. The van der Waals surface area contributed by atoms with Crippen LogP contribution in [0.1, 0.15) is 28.2 Å². The normalized spacial score (nSPS) is 13.3. The predicted octanol–water partition coefficient (Wildman–Crippen LogP) is 4.25. The molecule has 138 valence electrons. The molecular weight excluding hydrogens is 362 g/mol. The molecule has 3 aromatic rings. The van der Waals surface area contributed by atoms with Gasteiger partial charge in [0.25, 0.3) is 5.91 Å². The summed E-state index contributed by atoms with van der Waals surface area (Å²) in [4.78, 5) is 19.1. The number of amides is 1. The van der Waals surface area contributed by atoms with Crippen molar-refractivity contribution >= 4 is 23.2 Å². The van der Waals surface area contributed by atoms with E-state index in [1.54, 1.807) is 18.3 Å². The van der Waals surface area contributed by atoms with Crippen molar-refractivity contribution in [2.24, 2.45) is 7.05 Å². The highest BCUT2D eigenvalue weighted by atomic mass is 35.5. The fourth-order valence-corrected chi connectivity index (χ4v) is 3.50. The quantitative estimate of drug-likeness (QED) is 0.679. The minimum Gasteiger partial charge on any atom is -0.486 e. The Morgan fingerprint density at radius 2 is 2.04 bits per heavy atom. The summed E-state index contributed by atoms with van der Waals surface area (Å²) in [6.45, 7) is 1.10. The zero-order valence-corrected chi connectivity index (χ0v) is 15.8. The van der Waals surface area contributed by atoms with Gasteiger partial charge in [0.2, 0.25) is 0 Å². The molecule has 1 aliphatic rings. The second-order valence-corrected chi connectivity index (χ2v) is 7.04. The van der Waals surface area contributed by atoms with Crippen molar-refractivity contribution in [1.29, 1.82) is 0 Å². The molecule has 1 amide bonds. The molecule has 0 unspecified atom stereocenters. The predicted molar refractivity (Wildman–Crippen MR) is 105 cm³/mol. The highest BCUT2D eigenvalue weighted by Crippen LogP contribution is 2.31. The Labute approximate surface area is 163 Å². The Bertz CT molecular complexity index is 966. The first-order valence-corrected chi connectivity index (χ1v) is 9.29. The van der Waals surface area contributed by atoms with Crippen LogP contribution in [-0.4, -0.2) is 22.0 Å². The zero-order valence-electron chi connectivity index (χ0n) is 15.1. The van der Waals surface area contributed by atoms with Gasteiger partial charge in [0, 0.05) is 42.3 Å². The number of fused-ring (bicyclic) bond motifs is 1. The minimum atomic E-state index is -0.00563. The van der Waals surface area contributed by atoms with E-state index >= 15 is 0 Å². The van der Waals surface area contributed by atoms with E-state index in [4.69, 9.17) is 16.3 Å². The van der Waals surface area contributed by atoms with Crippen LogP contribution in [0.4, 0.5) is 5.69 Å². The average molecular weight is 382 g/mol. The van der Waals surface area contributed by atoms with Gasteiger partial charge in [-0.2, -0.15) is 0 Å². The van der Waals surface area contributed by atoms with Crippen LogP contribution in [0, 0.1) is 0 Å². The fraction of sp³-hybridized carbons (Fsp3) is 0.238. The summed E-state index contributed by atoms with van der Waals surface area (Å²) in [6, 6.07) is 13.0. The lowest BCUT2D eigenvalue weighted by Crippen LogP contribution is -2.35. The number of hydrogen-bond donors (Lipinski definition) is 0. The molecule has 2 heterocycles. The van der Waals surface area contributed by atoms with Crippen molar-refractivity contribution in [3.8, 4) is 5.75 Å². The van der Waals surface area contributed by atoms with Crippen LogP contribution >= 0.6 is 11.6 Å². The van der Waals surface area contributed by atoms with Crippen LogP contribution in [0.25, 0.3) is 0 Å². The van der Waals surface area contributed by atoms with Crippen LogP contribution in [0.5, 0.6) is 5.75 Å². The van der Waals surface area contributed by atoms with E-state index < -0.39 is 0 Å². The molecule has 0 N–H and O–H groups in total. The van der Waals surface area contributed by atoms with E-state index in [-0.39, 0.29) is 5.91 Å². The molecule has 0 spiro atoms. The van der Waals surface area contributed by atoms with Crippen LogP contribution in [-0.2, 0) is 20.1 Å². The molecule has 4 rings (SSSR count). The number of carbonyl (C=O) groups is 1. The smallest absolute Gasteiger partial charge is 0.258 e. The molecule has 0 radical (unpaired) electrons. The molecule has 27 heavy (non-hydrogen) atoms. The van der Waals surface area contributed by atoms with Gasteiger partial charge in [-0.15, -0.1) is 0 Å². The zero-order chi connectivity index (χ0) is 18.8. The second kappa shape index (κ2) is 7.45. The number of aromatic nitrogens is 2. The van der Waals surface area contributed by atoms with E-state index in [1.807, 2.05) is 53.0 Å². The van der Waals surface area contributed by atoms with Gasteiger partial charge in [0.1, 0.15) is 18.2 Å². The summed E-state index contributed by atoms with van der Waals surface area (Å²) < 4.78 is 7.67. The third kappa shape index (κ3) is 3.69. The summed E-state index contributed by atoms with van der Waals surface area (Å²) in [5.41, 5.74) is 2.71. The molecule has 6 heteroatoms. The van der Waals surface area contributed by atoms with Gasteiger partial charge in [-0.05, 0) is 60.9 Å². The molecular formula is C21H20ClN3O2. The number of carbonyl (C=O) groups excluding carboxylic acids is 1. The summed E-state index contributed by atoms with van der Waals surface area (Å²) in [5.74, 6) is 1.55. The number of imidazole rings is 1. The van der Waals surface area contributed by atoms with Gasteiger partial charge in [0.05, 0.1) is 0 Å². The number of ether oxygens (including phenoxy) is 1. The number of aryl methyl sites for hydroxylation is 2. The van der Waals surface area contributed by atoms with Crippen LogP contribution in [0.3, 0.4) is 0 Å². The maximum Gasteiger partial charge on any atom is 0.258 e. The maximum absolute atomic E-state index is 13.0. The molecule has 0 bridgehead atoms. The molecule has 0 atom stereocenters. The molecule has 0 fully saturated rings. The van der Waals surface area contributed by atoms with E-state index in [0.29, 0.717) is 29.5 Å². The lowest BCUT2D eigenvalue weighted by Gasteiger charge is -2.29. The number of nitrogens with zero attached hydrogens (tertiary/aromatic N) is 3. The number of hydrogen-bond acceptors (Lipinski definition) is 3. The van der Waals surface area contributed by atoms with Crippen molar-refractivity contribution < 1.29 is 9.53 Å². The van der Waals surface area contributed by atoms with Gasteiger partial charge in [0.15, 0.2) is 0 Å². The summed E-state index contributed by atoms with van der Waals surface area (Å²) >= 11 is 6.09. The van der Waals surface area contributed by atoms with E-state index in [9.17, 15) is 4.79 Å². The highest BCUT2D eigenvalue weighted by Gasteiger charge is 2.23. The van der Waals surface area contributed by atoms with Crippen molar-refractivity contribution in [1.82, 2.24) is 9.55 Å². The first kappa shape index (κ1) is 17.6. The lowest BCUT2D eigenvalue weighted by molar-refractivity contribution is 0.0985. The second-order valence-electron chi connectivity index (χ2n) is 6.60. The van der Waals surface area contributed by atoms with Gasteiger partial charge in [-0.25, -0.2) is 4.98 Å². The van der Waals surface area contributed by atoms with Gasteiger partial charge < -0.3 is 14.2 Å². The monoisotopic (exact) mass is 381 g/mol. The van der Waals surface area contributed by atoms with Gasteiger partial charge in [-0.1, -0.05) is 11.6 Å². The Morgan fingerprint density at radius 3 is 2.78 bits per heavy atom. The molecule has 0 saturated heterocycles. The Kier molecular flexibility index (Phi) is 4.86. The molecule has 0 aliphatic carbocycles. The molecule has 0 saturated carbocycles. The summed E-state index contributed by atoms with van der Waals surface area (Å²) in [6.07, 6.45) is 5.50. The van der Waals surface area contributed by atoms with Crippen LogP contribution in [0.15, 0.2) is 54.9 Å². The Morgan fingerprint density at radius 1 is 1.22 bits per heavy atom. The van der Waals surface area contributed by atoms with Crippen molar-refractivity contribution in [3.05, 3.63) is 76.8 Å². The maximum atomic E-state index is 13.0. The summed E-state index contributed by atoms with van der Waals surface area (Å²) in [5, 5.41) is 0.706. The standard InChI is InChI=1S/C21H20ClN3O2/c1-24-12-10-23-20(24)14-27-18-7-4-15(5-8-18)21(26)25-11-2-3-16-13-17(22)6-9-19(16)25/h4-10,12-13H,2-3,11,14H2,1H3. The number of anilines is 1. The third-order valence-electron chi connectivity index (χ3n) is 4.80. The topological polar surface area (TPSA) is 47.4 Å². The molecule has 1 aliphatic heterocycles. The van der Waals surface area contributed by atoms with E-state index in [1.165, 1.54) is 0 Å². The number of rotatable bonds is 4. The molecule has 5 nitrogen and oxygen atoms in total. The van der Waals surface area contributed by atoms with Crippen molar-refractivity contribution in [3.63, 3.8) is 0 Å². The Hall–Kier alpha value is -2.79. The van der Waals surface area contributed by atoms with Crippen LogP contribution in [0.2, 0.25) is 5.02 Å². The van der Waals surface area contributed by atoms with Crippen molar-refractivity contribution in [2.45, 2.75) is 19.4 Å². The number of halogens is 1. The fourth-order valence-electron chi connectivity index (χ4n) is 3.31. The van der Waals surface area contributed by atoms with E-state index in [2.05, 4.69) is 4.98 Å². The van der Waals surface area contributed by atoms with Gasteiger partial charge in [-0.3, -0.25) is 4.79 Å². The first-order chi connectivity index (χ1) is 13.1.